The Morgan fingerprint density at radius 1 is 0.775 bits per heavy atom. The highest BCUT2D eigenvalue weighted by molar-refractivity contribution is 6.14. The highest BCUT2D eigenvalue weighted by atomic mass is 16.5. The molecule has 40 heavy (non-hydrogen) atoms. The summed E-state index contributed by atoms with van der Waals surface area (Å²) in [5.41, 5.74) is 6.11. The Kier molecular flexibility index (Phi) is 6.28. The Labute approximate surface area is 234 Å². The minimum atomic E-state index is -0.108. The van der Waals surface area contributed by atoms with Crippen LogP contribution >= 0.6 is 0 Å². The van der Waals surface area contributed by atoms with E-state index in [9.17, 15) is 4.79 Å². The number of fused-ring (bicyclic) bond motifs is 6. The lowest BCUT2D eigenvalue weighted by Crippen LogP contribution is -2.28. The molecule has 3 heteroatoms. The predicted molar refractivity (Wildman–Crippen MR) is 164 cm³/mol. The average Bonchev–Trinajstić information content (AvgIpc) is 3.00. The number of hydrogen-bond donors (Lipinski definition) is 0. The lowest BCUT2D eigenvalue weighted by Gasteiger charge is -2.32. The van der Waals surface area contributed by atoms with Crippen molar-refractivity contribution < 1.29 is 9.53 Å². The molecule has 5 aromatic carbocycles. The molecule has 0 radical (unpaired) electrons. The summed E-state index contributed by atoms with van der Waals surface area (Å²) >= 11 is 0. The normalized spacial score (nSPS) is 16.7. The molecule has 1 aliphatic carbocycles. The monoisotopic (exact) mass is 521 g/mol. The maximum absolute atomic E-state index is 12.9. The highest BCUT2D eigenvalue weighted by Gasteiger charge is 2.33. The fourth-order valence-corrected chi connectivity index (χ4v) is 6.78. The van der Waals surface area contributed by atoms with E-state index in [2.05, 4.69) is 103 Å². The van der Waals surface area contributed by atoms with Gasteiger partial charge in [-0.25, -0.2) is 0 Å². The number of benzene rings is 5. The summed E-state index contributed by atoms with van der Waals surface area (Å²) in [5, 5.41) is 7.34. The number of carbonyl (C=O) groups is 1. The minimum absolute atomic E-state index is 0.0722. The van der Waals surface area contributed by atoms with Gasteiger partial charge < -0.3 is 4.74 Å². The van der Waals surface area contributed by atoms with Crippen LogP contribution in [0.3, 0.4) is 0 Å². The van der Waals surface area contributed by atoms with E-state index in [-0.39, 0.29) is 17.8 Å². The molecule has 1 aromatic heterocycles. The van der Waals surface area contributed by atoms with Crippen LogP contribution in [-0.4, -0.2) is 17.6 Å². The highest BCUT2D eigenvalue weighted by Crippen LogP contribution is 2.44. The first-order valence-electron chi connectivity index (χ1n) is 14.2. The molecule has 0 bridgehead atoms. The largest absolute Gasteiger partial charge is 0.466 e. The van der Waals surface area contributed by atoms with Crippen molar-refractivity contribution in [1.29, 1.82) is 0 Å². The van der Waals surface area contributed by atoms with E-state index in [1.807, 2.05) is 13.1 Å². The van der Waals surface area contributed by atoms with Crippen LogP contribution in [0, 0.1) is 5.92 Å². The number of rotatable bonds is 5. The zero-order chi connectivity index (χ0) is 27.1. The fraction of sp³-hybridized carbons (Fsp3) is 0.189. The Morgan fingerprint density at radius 3 is 2.40 bits per heavy atom. The molecule has 0 fully saturated rings. The first-order chi connectivity index (χ1) is 19.7. The molecule has 2 atom stereocenters. The molecule has 0 saturated carbocycles. The van der Waals surface area contributed by atoms with Crippen molar-refractivity contribution >= 4 is 38.3 Å². The molecular weight excluding hydrogens is 490 g/mol. The fourth-order valence-electron chi connectivity index (χ4n) is 6.78. The van der Waals surface area contributed by atoms with Crippen LogP contribution in [-0.2, 0) is 22.4 Å². The molecule has 0 amide bonds. The van der Waals surface area contributed by atoms with Crippen molar-refractivity contribution in [3.05, 3.63) is 126 Å². The molecule has 0 spiro atoms. The van der Waals surface area contributed by atoms with Gasteiger partial charge in [0.25, 0.3) is 0 Å². The van der Waals surface area contributed by atoms with Gasteiger partial charge >= 0.3 is 5.97 Å². The van der Waals surface area contributed by atoms with Crippen LogP contribution < -0.4 is 0 Å². The second-order valence-corrected chi connectivity index (χ2v) is 10.9. The predicted octanol–water partition coefficient (Wildman–Crippen LogP) is 8.66. The molecule has 0 N–H and O–H groups in total. The maximum atomic E-state index is 12.9. The third kappa shape index (κ3) is 4.23. The van der Waals surface area contributed by atoms with Crippen molar-refractivity contribution in [3.63, 3.8) is 0 Å². The molecule has 0 aliphatic heterocycles. The second-order valence-electron chi connectivity index (χ2n) is 10.9. The van der Waals surface area contributed by atoms with Crippen LogP contribution in [0.5, 0.6) is 0 Å². The van der Waals surface area contributed by atoms with Crippen LogP contribution in [0.2, 0.25) is 0 Å². The van der Waals surface area contributed by atoms with Gasteiger partial charge in [0, 0.05) is 17.1 Å². The summed E-state index contributed by atoms with van der Waals surface area (Å²) in [6.07, 6.45) is 4.34. The lowest BCUT2D eigenvalue weighted by molar-refractivity contribution is -0.148. The first kappa shape index (κ1) is 24.5. The number of carbonyl (C=O) groups excluding carboxylic acids is 1. The minimum Gasteiger partial charge on any atom is -0.466 e. The Hall–Kier alpha value is -4.50. The SMILES string of the molecule is CCOC(=O)C1Cc2ccc3c(ccc4c(-c5nccc6ccccc56)cccc43)c2C(Cc2ccccc2)C1. The van der Waals surface area contributed by atoms with Crippen LogP contribution in [0.15, 0.2) is 109 Å². The van der Waals surface area contributed by atoms with Gasteiger partial charge in [0.05, 0.1) is 18.2 Å². The molecule has 2 unspecified atom stereocenters. The number of pyridine rings is 1. The first-order valence-corrected chi connectivity index (χ1v) is 14.2. The van der Waals surface area contributed by atoms with Gasteiger partial charge in [0.1, 0.15) is 0 Å². The van der Waals surface area contributed by atoms with E-state index in [0.29, 0.717) is 6.61 Å². The molecule has 6 aromatic rings. The van der Waals surface area contributed by atoms with Crippen molar-refractivity contribution in [3.8, 4) is 11.3 Å². The Morgan fingerprint density at radius 2 is 1.52 bits per heavy atom. The van der Waals surface area contributed by atoms with Gasteiger partial charge in [-0.05, 0) is 81.8 Å². The zero-order valence-corrected chi connectivity index (χ0v) is 22.6. The smallest absolute Gasteiger partial charge is 0.309 e. The number of ether oxygens (including phenoxy) is 1. The second kappa shape index (κ2) is 10.2. The van der Waals surface area contributed by atoms with Crippen molar-refractivity contribution in [2.75, 3.05) is 6.61 Å². The summed E-state index contributed by atoms with van der Waals surface area (Å²) in [6.45, 7) is 2.31. The molecule has 1 aliphatic rings. The summed E-state index contributed by atoms with van der Waals surface area (Å²) in [4.78, 5) is 17.7. The number of hydrogen-bond acceptors (Lipinski definition) is 3. The Balaban J connectivity index is 1.41. The molecule has 3 nitrogen and oxygen atoms in total. The third-order valence-electron chi connectivity index (χ3n) is 8.51. The van der Waals surface area contributed by atoms with E-state index < -0.39 is 0 Å². The third-order valence-corrected chi connectivity index (χ3v) is 8.51. The van der Waals surface area contributed by atoms with E-state index >= 15 is 0 Å². The van der Waals surface area contributed by atoms with E-state index in [1.54, 1.807) is 0 Å². The number of aromatic nitrogens is 1. The standard InChI is InChI=1S/C37H31NO2/c1-2-40-37(39)28-22-26-15-16-31-30-13-8-14-34(36-29-12-7-6-11-25(29)19-20-38-36)32(30)17-18-33(31)35(26)27(23-28)21-24-9-4-3-5-10-24/h3-20,27-28H,2,21-23H2,1H3. The van der Waals surface area contributed by atoms with Gasteiger partial charge in [0.2, 0.25) is 0 Å². The van der Waals surface area contributed by atoms with Gasteiger partial charge in [0.15, 0.2) is 0 Å². The Bertz CT molecular complexity index is 1870. The van der Waals surface area contributed by atoms with E-state index in [4.69, 9.17) is 9.72 Å². The molecule has 0 saturated heterocycles. The van der Waals surface area contributed by atoms with Crippen LogP contribution in [0.25, 0.3) is 43.6 Å². The summed E-state index contributed by atoms with van der Waals surface area (Å²) in [7, 11) is 0. The van der Waals surface area contributed by atoms with Gasteiger partial charge in [-0.3, -0.25) is 9.78 Å². The molecule has 196 valence electrons. The van der Waals surface area contributed by atoms with E-state index in [1.165, 1.54) is 43.6 Å². The molecular formula is C37H31NO2. The van der Waals surface area contributed by atoms with Crippen LogP contribution in [0.4, 0.5) is 0 Å². The van der Waals surface area contributed by atoms with Crippen molar-refractivity contribution in [1.82, 2.24) is 4.98 Å². The average molecular weight is 522 g/mol. The van der Waals surface area contributed by atoms with Gasteiger partial charge in [-0.2, -0.15) is 0 Å². The maximum Gasteiger partial charge on any atom is 0.309 e. The summed E-state index contributed by atoms with van der Waals surface area (Å²) < 4.78 is 5.48. The van der Waals surface area contributed by atoms with Gasteiger partial charge in [-0.1, -0.05) is 97.1 Å². The molecule has 7 rings (SSSR count). The quantitative estimate of drug-likeness (QED) is 0.168. The summed E-state index contributed by atoms with van der Waals surface area (Å²) in [6, 6.07) is 36.8. The summed E-state index contributed by atoms with van der Waals surface area (Å²) in [5.74, 6) is 0.0600. The molecule has 1 heterocycles. The lowest BCUT2D eigenvalue weighted by atomic mass is 9.72. The topological polar surface area (TPSA) is 39.2 Å². The van der Waals surface area contributed by atoms with Crippen molar-refractivity contribution in [2.45, 2.75) is 32.1 Å². The zero-order valence-electron chi connectivity index (χ0n) is 22.6. The number of nitrogens with zero attached hydrogens (tertiary/aromatic N) is 1. The van der Waals surface area contributed by atoms with Crippen molar-refractivity contribution in [2.24, 2.45) is 5.92 Å². The van der Waals surface area contributed by atoms with E-state index in [0.717, 1.165) is 35.9 Å². The number of esters is 1. The van der Waals surface area contributed by atoms with Gasteiger partial charge in [-0.15, -0.1) is 0 Å². The van der Waals surface area contributed by atoms with Crippen LogP contribution in [0.1, 0.15) is 36.0 Å².